The molecule has 168 valence electrons. The molecule has 0 radical (unpaired) electrons. The standard InChI is InChI=1S/C24H27N3O5/c1-14(2)13-27-23(29)21(16-6-8-17(9-7-16)25-15(3)28)22(24(27)30)26-19-11-10-18(31-4)12-20(19)32-5/h6-12,14,26H,13H2,1-5H3,(H,25,28). The summed E-state index contributed by atoms with van der Waals surface area (Å²) in [5.74, 6) is 0.223. The number of benzene rings is 2. The summed E-state index contributed by atoms with van der Waals surface area (Å²) in [6.45, 7) is 5.61. The molecule has 2 aromatic rings. The number of rotatable bonds is 8. The highest BCUT2D eigenvalue weighted by atomic mass is 16.5. The maximum atomic E-state index is 13.3. The molecule has 3 rings (SSSR count). The molecule has 0 bridgehead atoms. The molecule has 2 aromatic carbocycles. The highest BCUT2D eigenvalue weighted by Crippen LogP contribution is 2.35. The van der Waals surface area contributed by atoms with Crippen molar-refractivity contribution in [2.75, 3.05) is 31.4 Å². The molecule has 3 amide bonds. The fraction of sp³-hybridized carbons (Fsp3) is 0.292. The summed E-state index contributed by atoms with van der Waals surface area (Å²) >= 11 is 0. The second-order valence-corrected chi connectivity index (χ2v) is 7.81. The molecule has 0 unspecified atom stereocenters. The summed E-state index contributed by atoms with van der Waals surface area (Å²) < 4.78 is 10.7. The van der Waals surface area contributed by atoms with Gasteiger partial charge in [-0.3, -0.25) is 19.3 Å². The molecular weight excluding hydrogens is 410 g/mol. The fourth-order valence-corrected chi connectivity index (χ4v) is 3.45. The number of nitrogens with zero attached hydrogens (tertiary/aromatic N) is 1. The van der Waals surface area contributed by atoms with Gasteiger partial charge in [0.2, 0.25) is 5.91 Å². The largest absolute Gasteiger partial charge is 0.497 e. The highest BCUT2D eigenvalue weighted by molar-refractivity contribution is 6.36. The van der Waals surface area contributed by atoms with E-state index in [-0.39, 0.29) is 29.0 Å². The minimum absolute atomic E-state index is 0.112. The van der Waals surface area contributed by atoms with Gasteiger partial charge in [-0.1, -0.05) is 26.0 Å². The van der Waals surface area contributed by atoms with Crippen molar-refractivity contribution in [1.29, 1.82) is 0 Å². The fourth-order valence-electron chi connectivity index (χ4n) is 3.45. The third-order valence-corrected chi connectivity index (χ3v) is 4.88. The van der Waals surface area contributed by atoms with Crippen molar-refractivity contribution in [3.8, 4) is 11.5 Å². The summed E-state index contributed by atoms with van der Waals surface area (Å²) in [6.07, 6.45) is 0. The number of imide groups is 1. The van der Waals surface area contributed by atoms with Gasteiger partial charge in [0, 0.05) is 25.2 Å². The monoisotopic (exact) mass is 437 g/mol. The van der Waals surface area contributed by atoms with E-state index in [1.807, 2.05) is 13.8 Å². The highest BCUT2D eigenvalue weighted by Gasteiger charge is 2.39. The van der Waals surface area contributed by atoms with Gasteiger partial charge < -0.3 is 20.1 Å². The number of anilines is 2. The van der Waals surface area contributed by atoms with Gasteiger partial charge >= 0.3 is 0 Å². The van der Waals surface area contributed by atoms with Crippen LogP contribution < -0.4 is 20.1 Å². The molecule has 32 heavy (non-hydrogen) atoms. The SMILES string of the molecule is COc1ccc(NC2=C(c3ccc(NC(C)=O)cc3)C(=O)N(CC(C)C)C2=O)c(OC)c1. The van der Waals surface area contributed by atoms with Crippen molar-refractivity contribution in [1.82, 2.24) is 4.90 Å². The Kier molecular flexibility index (Phi) is 6.82. The van der Waals surface area contributed by atoms with E-state index in [4.69, 9.17) is 9.47 Å². The zero-order valence-electron chi connectivity index (χ0n) is 18.8. The molecule has 0 spiro atoms. The number of amides is 3. The van der Waals surface area contributed by atoms with Gasteiger partial charge in [-0.05, 0) is 35.7 Å². The Morgan fingerprint density at radius 1 is 1.00 bits per heavy atom. The van der Waals surface area contributed by atoms with E-state index < -0.39 is 5.91 Å². The van der Waals surface area contributed by atoms with Crippen molar-refractivity contribution in [3.05, 3.63) is 53.7 Å². The van der Waals surface area contributed by atoms with Gasteiger partial charge in [0.1, 0.15) is 17.2 Å². The first-order valence-electron chi connectivity index (χ1n) is 10.2. The molecule has 8 nitrogen and oxygen atoms in total. The van der Waals surface area contributed by atoms with Crippen LogP contribution in [0.3, 0.4) is 0 Å². The minimum atomic E-state index is -0.400. The molecule has 0 atom stereocenters. The molecule has 2 N–H and O–H groups in total. The van der Waals surface area contributed by atoms with Crippen molar-refractivity contribution in [2.24, 2.45) is 5.92 Å². The van der Waals surface area contributed by atoms with Gasteiger partial charge in [0.05, 0.1) is 25.5 Å². The second-order valence-electron chi connectivity index (χ2n) is 7.81. The first-order chi connectivity index (χ1) is 15.2. The number of ether oxygens (including phenoxy) is 2. The van der Waals surface area contributed by atoms with E-state index in [9.17, 15) is 14.4 Å². The Morgan fingerprint density at radius 3 is 2.25 bits per heavy atom. The predicted octanol–water partition coefficient (Wildman–Crippen LogP) is 3.51. The Balaban J connectivity index is 2.06. The maximum Gasteiger partial charge on any atom is 0.278 e. The average Bonchev–Trinajstić information content (AvgIpc) is 2.98. The molecule has 0 aromatic heterocycles. The normalized spacial score (nSPS) is 13.6. The zero-order valence-corrected chi connectivity index (χ0v) is 18.8. The van der Waals surface area contributed by atoms with E-state index >= 15 is 0 Å². The van der Waals surface area contributed by atoms with Crippen LogP contribution in [0.2, 0.25) is 0 Å². The smallest absolute Gasteiger partial charge is 0.278 e. The lowest BCUT2D eigenvalue weighted by Gasteiger charge is -2.18. The van der Waals surface area contributed by atoms with Crippen LogP contribution in [-0.2, 0) is 14.4 Å². The van der Waals surface area contributed by atoms with Gasteiger partial charge in [-0.15, -0.1) is 0 Å². The molecule has 1 heterocycles. The average molecular weight is 437 g/mol. The number of hydrogen-bond donors (Lipinski definition) is 2. The maximum absolute atomic E-state index is 13.3. The van der Waals surface area contributed by atoms with Crippen LogP contribution in [0.4, 0.5) is 11.4 Å². The first-order valence-corrected chi connectivity index (χ1v) is 10.2. The van der Waals surface area contributed by atoms with Crippen LogP contribution in [0.5, 0.6) is 11.5 Å². The lowest BCUT2D eigenvalue weighted by atomic mass is 10.0. The van der Waals surface area contributed by atoms with Crippen LogP contribution in [0.15, 0.2) is 48.2 Å². The molecular formula is C24H27N3O5. The van der Waals surface area contributed by atoms with Gasteiger partial charge in [0.25, 0.3) is 11.8 Å². The third-order valence-electron chi connectivity index (χ3n) is 4.88. The van der Waals surface area contributed by atoms with Crippen LogP contribution in [0.1, 0.15) is 26.3 Å². The van der Waals surface area contributed by atoms with Crippen molar-refractivity contribution < 1.29 is 23.9 Å². The number of hydrogen-bond acceptors (Lipinski definition) is 6. The van der Waals surface area contributed by atoms with E-state index in [0.29, 0.717) is 35.0 Å². The van der Waals surface area contributed by atoms with Crippen LogP contribution in [0.25, 0.3) is 5.57 Å². The van der Waals surface area contributed by atoms with E-state index in [0.717, 1.165) is 0 Å². The number of carbonyl (C=O) groups excluding carboxylic acids is 3. The second kappa shape index (κ2) is 9.55. The van der Waals surface area contributed by atoms with Gasteiger partial charge in [0.15, 0.2) is 0 Å². The van der Waals surface area contributed by atoms with E-state index in [1.54, 1.807) is 49.6 Å². The summed E-state index contributed by atoms with van der Waals surface area (Å²) in [4.78, 5) is 39.0. The quantitative estimate of drug-likeness (QED) is 0.614. The van der Waals surface area contributed by atoms with Crippen LogP contribution >= 0.6 is 0 Å². The Morgan fingerprint density at radius 2 is 1.69 bits per heavy atom. The lowest BCUT2D eigenvalue weighted by molar-refractivity contribution is -0.137. The van der Waals surface area contributed by atoms with Crippen LogP contribution in [0, 0.1) is 5.92 Å². The zero-order chi connectivity index (χ0) is 23.4. The number of methoxy groups -OCH3 is 2. The third kappa shape index (κ3) is 4.74. The predicted molar refractivity (Wildman–Crippen MR) is 122 cm³/mol. The Hall–Kier alpha value is -3.81. The minimum Gasteiger partial charge on any atom is -0.497 e. The molecule has 0 saturated heterocycles. The molecule has 0 saturated carbocycles. The van der Waals surface area contributed by atoms with Gasteiger partial charge in [-0.25, -0.2) is 0 Å². The summed E-state index contributed by atoms with van der Waals surface area (Å²) in [6, 6.07) is 12.0. The first kappa shape index (κ1) is 22.9. The summed E-state index contributed by atoms with van der Waals surface area (Å²) in [5, 5.41) is 5.80. The molecule has 0 aliphatic carbocycles. The Bertz CT molecular complexity index is 1070. The molecule has 1 aliphatic rings. The van der Waals surface area contributed by atoms with Crippen LogP contribution in [-0.4, -0.2) is 43.4 Å². The Labute approximate surface area is 187 Å². The van der Waals surface area contributed by atoms with Crippen molar-refractivity contribution in [2.45, 2.75) is 20.8 Å². The van der Waals surface area contributed by atoms with Crippen molar-refractivity contribution in [3.63, 3.8) is 0 Å². The van der Waals surface area contributed by atoms with Gasteiger partial charge in [-0.2, -0.15) is 0 Å². The summed E-state index contributed by atoms with van der Waals surface area (Å²) in [7, 11) is 3.07. The number of nitrogens with one attached hydrogen (secondary N) is 2. The van der Waals surface area contributed by atoms with Crippen molar-refractivity contribution >= 4 is 34.7 Å². The molecule has 8 heteroatoms. The lowest BCUT2D eigenvalue weighted by Crippen LogP contribution is -2.35. The topological polar surface area (TPSA) is 97.0 Å². The van der Waals surface area contributed by atoms with E-state index in [2.05, 4.69) is 10.6 Å². The molecule has 1 aliphatic heterocycles. The van der Waals surface area contributed by atoms with E-state index in [1.165, 1.54) is 18.9 Å². The molecule has 0 fully saturated rings. The summed E-state index contributed by atoms with van der Waals surface area (Å²) in [5.41, 5.74) is 2.14. The number of carbonyl (C=O) groups is 3.